The lowest BCUT2D eigenvalue weighted by Gasteiger charge is -2.43. The van der Waals surface area contributed by atoms with Crippen LogP contribution in [0.2, 0.25) is 0 Å². The third-order valence-electron chi connectivity index (χ3n) is 12.7. The van der Waals surface area contributed by atoms with Crippen LogP contribution >= 0.6 is 35.3 Å². The van der Waals surface area contributed by atoms with Crippen molar-refractivity contribution in [3.05, 3.63) is 0 Å². The van der Waals surface area contributed by atoms with Crippen LogP contribution in [-0.2, 0) is 28.5 Å². The summed E-state index contributed by atoms with van der Waals surface area (Å²) in [6.07, 6.45) is -15.6. The van der Waals surface area contributed by atoms with Crippen LogP contribution in [0.4, 0.5) is 57.1 Å². The quantitative estimate of drug-likeness (QED) is 0.0307. The number of rotatable bonds is 32. The van der Waals surface area contributed by atoms with Gasteiger partial charge in [-0.2, -0.15) is 92.4 Å². The van der Waals surface area contributed by atoms with Crippen molar-refractivity contribution in [3.8, 4) is 0 Å². The summed E-state index contributed by atoms with van der Waals surface area (Å²) < 4.78 is 213. The zero-order valence-electron chi connectivity index (χ0n) is 38.1. The fourth-order valence-corrected chi connectivity index (χ4v) is 12.6. The molecule has 2 saturated heterocycles. The summed E-state index contributed by atoms with van der Waals surface area (Å²) in [6, 6.07) is 0. The second kappa shape index (κ2) is 25.9. The van der Waals surface area contributed by atoms with Crippen LogP contribution in [0.3, 0.4) is 0 Å². The van der Waals surface area contributed by atoms with Gasteiger partial charge in [0.2, 0.25) is 11.8 Å². The number of likely N-dealkylation sites (tertiary alicyclic amines) is 1. The Balaban J connectivity index is 2.17. The van der Waals surface area contributed by atoms with E-state index in [4.69, 9.17) is 18.9 Å². The normalized spacial score (nSPS) is 26.9. The summed E-state index contributed by atoms with van der Waals surface area (Å²) in [5, 5.41) is 45.7. The van der Waals surface area contributed by atoms with Gasteiger partial charge >= 0.3 is 35.8 Å². The van der Waals surface area contributed by atoms with Gasteiger partial charge < -0.3 is 44.5 Å². The maximum atomic E-state index is 16.6. The van der Waals surface area contributed by atoms with Crippen LogP contribution < -0.4 is 0 Å². The van der Waals surface area contributed by atoms with Crippen LogP contribution in [0.15, 0.2) is 0 Å². The molecule has 2 heterocycles. The Labute approximate surface area is 403 Å². The van der Waals surface area contributed by atoms with Gasteiger partial charge in [-0.25, -0.2) is 0 Å². The first-order chi connectivity index (χ1) is 32.0. The zero-order valence-corrected chi connectivity index (χ0v) is 40.5. The average molecular weight is 1090 g/mol. The van der Waals surface area contributed by atoms with Gasteiger partial charge in [0, 0.05) is 46.9 Å². The Hall–Kier alpha value is -1.08. The molecule has 0 aromatic carbocycles. The van der Waals surface area contributed by atoms with Crippen molar-refractivity contribution in [1.29, 1.82) is 0 Å². The number of nitrogens with zero attached hydrogens (tertiary/aromatic N) is 1. The molecule has 69 heavy (non-hydrogen) atoms. The van der Waals surface area contributed by atoms with Gasteiger partial charge in [0.1, 0.15) is 0 Å². The van der Waals surface area contributed by atoms with Crippen LogP contribution in [0, 0.1) is 35.5 Å². The molecule has 0 bridgehead atoms. The van der Waals surface area contributed by atoms with Crippen molar-refractivity contribution in [2.24, 2.45) is 35.5 Å². The fraction of sp³-hybridized carbons (Fsp3) is 0.951. The molecule has 1 saturated carbocycles. The minimum atomic E-state index is -8.14. The second-order valence-electron chi connectivity index (χ2n) is 17.5. The molecular formula is C41H62F13NO11S3. The Bertz CT molecular complexity index is 1610. The number of imide groups is 1. The third-order valence-corrected chi connectivity index (χ3v) is 17.5. The number of methoxy groups -OCH3 is 1. The molecule has 5 N–H and O–H groups in total. The van der Waals surface area contributed by atoms with Gasteiger partial charge in [0.25, 0.3) is 0 Å². The molecule has 2 aliphatic heterocycles. The smallest absolute Gasteiger partial charge is 0.396 e. The first kappa shape index (κ1) is 62.2. The number of alkyl halides is 13. The highest BCUT2D eigenvalue weighted by molar-refractivity contribution is 8.00. The van der Waals surface area contributed by atoms with Crippen LogP contribution in [0.25, 0.3) is 0 Å². The van der Waals surface area contributed by atoms with E-state index in [0.717, 1.165) is 16.7 Å². The summed E-state index contributed by atoms with van der Waals surface area (Å²) in [7, 11) is 1.47. The molecule has 28 heteroatoms. The zero-order chi connectivity index (χ0) is 52.5. The Kier molecular flexibility index (Phi) is 23.4. The van der Waals surface area contributed by atoms with Crippen LogP contribution in [0.5, 0.6) is 0 Å². The summed E-state index contributed by atoms with van der Waals surface area (Å²) in [4.78, 5) is 29.4. The van der Waals surface area contributed by atoms with Crippen molar-refractivity contribution in [3.63, 3.8) is 0 Å². The molecule has 13 atom stereocenters. The third kappa shape index (κ3) is 13.8. The van der Waals surface area contributed by atoms with Crippen molar-refractivity contribution in [1.82, 2.24) is 4.90 Å². The molecule has 3 aliphatic rings. The number of aliphatic hydroxyl groups excluding tert-OH is 5. The lowest BCUT2D eigenvalue weighted by atomic mass is 9.78. The van der Waals surface area contributed by atoms with Gasteiger partial charge in [-0.3, -0.25) is 14.5 Å². The largest absolute Gasteiger partial charge is 0.460 e. The molecule has 1 aliphatic carbocycles. The predicted molar refractivity (Wildman–Crippen MR) is 228 cm³/mol. The van der Waals surface area contributed by atoms with E-state index < -0.39 is 156 Å². The van der Waals surface area contributed by atoms with E-state index in [0.29, 0.717) is 30.5 Å². The molecule has 12 nitrogen and oxygen atoms in total. The number of fused-ring (bicyclic) bond motifs is 1. The van der Waals surface area contributed by atoms with E-state index >= 15 is 26.3 Å². The lowest BCUT2D eigenvalue weighted by Crippen LogP contribution is -2.71. The Morgan fingerprint density at radius 1 is 0.681 bits per heavy atom. The highest BCUT2D eigenvalue weighted by Crippen LogP contribution is 2.65. The Morgan fingerprint density at radius 2 is 1.20 bits per heavy atom. The number of aliphatic hydroxyl groups is 5. The predicted octanol–water partition coefficient (Wildman–Crippen LogP) is 5.88. The van der Waals surface area contributed by atoms with E-state index in [1.807, 2.05) is 0 Å². The van der Waals surface area contributed by atoms with Gasteiger partial charge in [0.05, 0.1) is 89.0 Å². The molecule has 0 aromatic rings. The first-order valence-corrected chi connectivity index (χ1v) is 25.3. The number of hydrogen-bond acceptors (Lipinski definition) is 14. The molecular weight excluding hydrogens is 1030 g/mol. The summed E-state index contributed by atoms with van der Waals surface area (Å²) in [5.41, 5.74) is 0. The van der Waals surface area contributed by atoms with Crippen molar-refractivity contribution in [2.45, 2.75) is 122 Å². The minimum absolute atomic E-state index is 0.0397. The SMILES string of the molecule is CCC(SCC(C)CO)C1OC(CC(SCC(O)CO)C2CC(C(C)SCC(O)CO)CC2C(F)(F)C(F)(F)C(F)(F)C(F)(F)C(F)(F)C(F)(F)F)C2C(=O)N(CCOCCOCCOC)C(=O)C12. The van der Waals surface area contributed by atoms with E-state index in [-0.39, 0.29) is 51.2 Å². The molecule has 0 aromatic heterocycles. The lowest BCUT2D eigenvalue weighted by molar-refractivity contribution is -0.443. The van der Waals surface area contributed by atoms with Gasteiger partial charge in [0.15, 0.2) is 0 Å². The fourth-order valence-electron chi connectivity index (χ4n) is 8.70. The van der Waals surface area contributed by atoms with E-state index in [1.165, 1.54) is 25.8 Å². The number of carbonyl (C=O) groups is 2. The Morgan fingerprint density at radius 3 is 1.74 bits per heavy atom. The monoisotopic (exact) mass is 1090 g/mol. The van der Waals surface area contributed by atoms with Crippen molar-refractivity contribution in [2.75, 3.05) is 83.8 Å². The molecule has 406 valence electrons. The molecule has 2 amide bonds. The molecule has 13 unspecified atom stereocenters. The van der Waals surface area contributed by atoms with E-state index in [9.17, 15) is 65.9 Å². The number of ether oxygens (including phenoxy) is 4. The highest BCUT2D eigenvalue weighted by atomic mass is 32.2. The average Bonchev–Trinajstić information content (AvgIpc) is 3.97. The standard InChI is InChI=1S/C41H62F13NO11S3/c1-5-29(68-18-21(2)15-56)33-32-31(34(61)55(35(32)62)6-7-64-10-11-65-9-8-63-4)28(66-33)14-30(69-20-25(60)17-58)26-12-23(22(3)67-19-24(59)16-57)13-27(26)36(42,43)37(44,45)38(46,47)39(48,49)40(50,51)41(52,53)54/h21-33,56-60H,5-20H2,1-4H3. The molecule has 0 spiro atoms. The minimum Gasteiger partial charge on any atom is -0.396 e. The topological polar surface area (TPSA) is 175 Å². The number of amides is 2. The maximum Gasteiger partial charge on any atom is 0.460 e. The molecule has 0 radical (unpaired) electrons. The number of halogens is 13. The summed E-state index contributed by atoms with van der Waals surface area (Å²) in [5.74, 6) is -50.0. The first-order valence-electron chi connectivity index (χ1n) is 22.1. The highest BCUT2D eigenvalue weighted by Gasteiger charge is 2.91. The van der Waals surface area contributed by atoms with E-state index in [2.05, 4.69) is 0 Å². The van der Waals surface area contributed by atoms with Crippen molar-refractivity contribution < 1.29 is 111 Å². The number of carbonyl (C=O) groups excluding carboxylic acids is 2. The van der Waals surface area contributed by atoms with Crippen molar-refractivity contribution >= 4 is 47.1 Å². The second-order valence-corrected chi connectivity index (χ2v) is 21.5. The number of hydrogen-bond donors (Lipinski definition) is 5. The molecule has 3 fully saturated rings. The van der Waals surface area contributed by atoms with Gasteiger partial charge in [-0.05, 0) is 49.2 Å². The molecule has 3 rings (SSSR count). The van der Waals surface area contributed by atoms with Gasteiger partial charge in [-0.1, -0.05) is 20.8 Å². The maximum absolute atomic E-state index is 16.6. The van der Waals surface area contributed by atoms with Gasteiger partial charge in [-0.15, -0.1) is 0 Å². The summed E-state index contributed by atoms with van der Waals surface area (Å²) in [6.45, 7) is 2.99. The van der Waals surface area contributed by atoms with E-state index in [1.54, 1.807) is 13.8 Å². The van der Waals surface area contributed by atoms with Crippen LogP contribution in [-0.4, -0.2) is 202 Å². The number of thioether (sulfide) groups is 3. The summed E-state index contributed by atoms with van der Waals surface area (Å²) >= 11 is 2.54. The van der Waals surface area contributed by atoms with Crippen LogP contribution in [0.1, 0.15) is 46.5 Å².